The Labute approximate surface area is 219 Å². The minimum absolute atomic E-state index is 0.0328. The van der Waals surface area contributed by atoms with Crippen LogP contribution in [-0.4, -0.2) is 20.7 Å². The standard InChI is InChI=1S/C29H30ClN3O2S/c1-20(33-28(29(2,3)19-32)24-9-6-10-26(17-24)36(4,34)35)27(16-21-11-13-25(30)14-12-21)23-8-5-7-22(15-23)18-31/h5-15,17,20,27-28,33H,16H2,1-4H3/t20-,27?,28-/m0/s1. The van der Waals surface area contributed by atoms with Crippen molar-refractivity contribution in [2.24, 2.45) is 5.41 Å². The van der Waals surface area contributed by atoms with Crippen molar-refractivity contribution in [3.63, 3.8) is 0 Å². The van der Waals surface area contributed by atoms with E-state index < -0.39 is 21.3 Å². The molecule has 0 spiro atoms. The zero-order valence-corrected chi connectivity index (χ0v) is 22.4. The van der Waals surface area contributed by atoms with Gasteiger partial charge < -0.3 is 5.32 Å². The van der Waals surface area contributed by atoms with Gasteiger partial charge in [0.05, 0.1) is 34.1 Å². The second-order valence-corrected chi connectivity index (χ2v) is 12.2. The largest absolute Gasteiger partial charge is 0.305 e. The minimum atomic E-state index is -3.40. The lowest BCUT2D eigenvalue weighted by Crippen LogP contribution is -2.42. The van der Waals surface area contributed by atoms with Crippen LogP contribution in [0.3, 0.4) is 0 Å². The molecule has 0 aliphatic heterocycles. The molecule has 5 nitrogen and oxygen atoms in total. The molecule has 0 aliphatic carbocycles. The molecule has 3 atom stereocenters. The molecule has 0 saturated heterocycles. The van der Waals surface area contributed by atoms with Crippen LogP contribution in [0.15, 0.2) is 77.7 Å². The molecule has 3 aromatic carbocycles. The summed E-state index contributed by atoms with van der Waals surface area (Å²) in [7, 11) is -3.40. The van der Waals surface area contributed by atoms with E-state index in [-0.39, 0.29) is 16.9 Å². The molecule has 1 N–H and O–H groups in total. The molecular formula is C29H30ClN3O2S. The number of benzene rings is 3. The second kappa shape index (κ2) is 11.3. The van der Waals surface area contributed by atoms with Crippen LogP contribution in [0.5, 0.6) is 0 Å². The number of rotatable bonds is 9. The van der Waals surface area contributed by atoms with Crippen molar-refractivity contribution in [1.29, 1.82) is 10.5 Å². The first-order valence-electron chi connectivity index (χ1n) is 11.7. The highest BCUT2D eigenvalue weighted by atomic mass is 35.5. The summed E-state index contributed by atoms with van der Waals surface area (Å²) >= 11 is 6.09. The Balaban J connectivity index is 2.04. The van der Waals surface area contributed by atoms with E-state index in [1.54, 1.807) is 24.3 Å². The molecule has 0 saturated carbocycles. The van der Waals surface area contributed by atoms with E-state index in [9.17, 15) is 18.9 Å². The molecule has 0 aliphatic rings. The van der Waals surface area contributed by atoms with E-state index in [1.807, 2.05) is 62.4 Å². The molecule has 186 valence electrons. The Kier molecular flexibility index (Phi) is 8.59. The van der Waals surface area contributed by atoms with Gasteiger partial charge in [0.15, 0.2) is 9.84 Å². The van der Waals surface area contributed by atoms with E-state index in [2.05, 4.69) is 24.4 Å². The van der Waals surface area contributed by atoms with E-state index in [1.165, 1.54) is 6.26 Å². The summed E-state index contributed by atoms with van der Waals surface area (Å²) in [5.74, 6) is -0.0328. The zero-order valence-electron chi connectivity index (χ0n) is 20.9. The summed E-state index contributed by atoms with van der Waals surface area (Å²) in [5.41, 5.74) is 2.57. The highest BCUT2D eigenvalue weighted by molar-refractivity contribution is 7.90. The first kappa shape index (κ1) is 27.4. The van der Waals surface area contributed by atoms with Gasteiger partial charge in [-0.3, -0.25) is 0 Å². The Morgan fingerprint density at radius 2 is 1.61 bits per heavy atom. The molecule has 3 rings (SSSR count). The van der Waals surface area contributed by atoms with E-state index in [4.69, 9.17) is 11.6 Å². The van der Waals surface area contributed by atoms with E-state index in [0.29, 0.717) is 17.0 Å². The predicted molar refractivity (Wildman–Crippen MR) is 143 cm³/mol. The monoisotopic (exact) mass is 519 g/mol. The quantitative estimate of drug-likeness (QED) is 0.362. The lowest BCUT2D eigenvalue weighted by atomic mass is 9.79. The third-order valence-electron chi connectivity index (χ3n) is 6.48. The Bertz CT molecular complexity index is 1400. The predicted octanol–water partition coefficient (Wildman–Crippen LogP) is 6.21. The number of nitrogens with zero attached hydrogens (tertiary/aromatic N) is 2. The Morgan fingerprint density at radius 3 is 2.22 bits per heavy atom. The normalized spacial score (nSPS) is 14.3. The first-order valence-corrected chi connectivity index (χ1v) is 13.9. The van der Waals surface area contributed by atoms with Crippen molar-refractivity contribution in [1.82, 2.24) is 5.32 Å². The van der Waals surface area contributed by atoms with Crippen LogP contribution in [0.2, 0.25) is 5.02 Å². The van der Waals surface area contributed by atoms with Crippen molar-refractivity contribution in [3.8, 4) is 12.1 Å². The summed E-state index contributed by atoms with van der Waals surface area (Å²) in [4.78, 5) is 0.215. The van der Waals surface area contributed by atoms with Crippen LogP contribution in [0.4, 0.5) is 0 Å². The number of nitrogens with one attached hydrogen (secondary N) is 1. The third-order valence-corrected chi connectivity index (χ3v) is 7.84. The fourth-order valence-electron chi connectivity index (χ4n) is 4.39. The summed E-state index contributed by atoms with van der Waals surface area (Å²) in [6, 6.07) is 26.0. The fraction of sp³-hybridized carbons (Fsp3) is 0.310. The number of hydrogen-bond acceptors (Lipinski definition) is 5. The highest BCUT2D eigenvalue weighted by Crippen LogP contribution is 2.36. The van der Waals surface area contributed by atoms with Gasteiger partial charge in [-0.1, -0.05) is 48.0 Å². The molecule has 0 heterocycles. The smallest absolute Gasteiger partial charge is 0.175 e. The second-order valence-electron chi connectivity index (χ2n) is 9.74. The van der Waals surface area contributed by atoms with Gasteiger partial charge in [0.1, 0.15) is 0 Å². The zero-order chi connectivity index (χ0) is 26.5. The number of halogens is 1. The van der Waals surface area contributed by atoms with Crippen molar-refractivity contribution in [2.45, 2.75) is 50.1 Å². The summed E-state index contributed by atoms with van der Waals surface area (Å²) in [6.07, 6.45) is 1.86. The van der Waals surface area contributed by atoms with E-state index in [0.717, 1.165) is 16.7 Å². The lowest BCUT2D eigenvalue weighted by Gasteiger charge is -2.36. The Morgan fingerprint density at radius 1 is 0.972 bits per heavy atom. The lowest BCUT2D eigenvalue weighted by molar-refractivity contribution is 0.280. The SMILES string of the molecule is C[C@H](N[C@@H](c1cccc(S(C)(=O)=O)c1)C(C)(C)C#N)C(Cc1ccc(Cl)cc1)c1cccc(C#N)c1. The molecule has 0 aromatic heterocycles. The average Bonchev–Trinajstić information content (AvgIpc) is 2.86. The van der Waals surface area contributed by atoms with Gasteiger partial charge in [-0.2, -0.15) is 10.5 Å². The van der Waals surface area contributed by atoms with Crippen LogP contribution >= 0.6 is 11.6 Å². The molecule has 36 heavy (non-hydrogen) atoms. The molecule has 0 bridgehead atoms. The number of hydrogen-bond donors (Lipinski definition) is 1. The summed E-state index contributed by atoms with van der Waals surface area (Å²) in [5, 5.41) is 23.8. The van der Waals surface area contributed by atoms with Gasteiger partial charge >= 0.3 is 0 Å². The van der Waals surface area contributed by atoms with Crippen molar-refractivity contribution in [2.75, 3.05) is 6.26 Å². The molecule has 7 heteroatoms. The van der Waals surface area contributed by atoms with Crippen molar-refractivity contribution < 1.29 is 8.42 Å². The maximum Gasteiger partial charge on any atom is 0.175 e. The molecule has 3 aromatic rings. The van der Waals surface area contributed by atoms with Gasteiger partial charge in [0.2, 0.25) is 0 Å². The summed E-state index contributed by atoms with van der Waals surface area (Å²) < 4.78 is 24.4. The number of nitriles is 2. The molecule has 0 fully saturated rings. The van der Waals surface area contributed by atoms with Crippen LogP contribution in [0, 0.1) is 28.1 Å². The molecule has 0 amide bonds. The fourth-order valence-corrected chi connectivity index (χ4v) is 5.19. The highest BCUT2D eigenvalue weighted by Gasteiger charge is 2.34. The Hall–Kier alpha value is -3.16. The third kappa shape index (κ3) is 6.74. The van der Waals surface area contributed by atoms with Crippen molar-refractivity contribution in [3.05, 3.63) is 100 Å². The van der Waals surface area contributed by atoms with Crippen LogP contribution < -0.4 is 5.32 Å². The van der Waals surface area contributed by atoms with Gasteiger partial charge in [-0.05, 0) is 80.3 Å². The van der Waals surface area contributed by atoms with Gasteiger partial charge in [0, 0.05) is 23.2 Å². The average molecular weight is 520 g/mol. The van der Waals surface area contributed by atoms with Crippen LogP contribution in [0.25, 0.3) is 0 Å². The van der Waals surface area contributed by atoms with Crippen molar-refractivity contribution >= 4 is 21.4 Å². The molecule has 1 unspecified atom stereocenters. The first-order chi connectivity index (χ1) is 16.9. The van der Waals surface area contributed by atoms with Crippen LogP contribution in [0.1, 0.15) is 55.0 Å². The molecular weight excluding hydrogens is 490 g/mol. The maximum atomic E-state index is 12.2. The van der Waals surface area contributed by atoms with Gasteiger partial charge in [-0.25, -0.2) is 8.42 Å². The van der Waals surface area contributed by atoms with E-state index >= 15 is 0 Å². The van der Waals surface area contributed by atoms with Gasteiger partial charge in [-0.15, -0.1) is 0 Å². The minimum Gasteiger partial charge on any atom is -0.305 e. The van der Waals surface area contributed by atoms with Gasteiger partial charge in [0.25, 0.3) is 0 Å². The maximum absolute atomic E-state index is 12.2. The summed E-state index contributed by atoms with van der Waals surface area (Å²) in [6.45, 7) is 5.74. The van der Waals surface area contributed by atoms with Crippen LogP contribution in [-0.2, 0) is 16.3 Å². The molecule has 0 radical (unpaired) electrons. The topological polar surface area (TPSA) is 93.8 Å². The number of sulfone groups is 1.